The Hall–Kier alpha value is -2.57. The van der Waals surface area contributed by atoms with E-state index < -0.39 is 11.6 Å². The van der Waals surface area contributed by atoms with E-state index in [1.165, 1.54) is 15.2 Å². The van der Waals surface area contributed by atoms with E-state index in [-0.39, 0.29) is 12.1 Å². The molecule has 1 amide bonds. The van der Waals surface area contributed by atoms with Crippen LogP contribution in [0.15, 0.2) is 52.1 Å². The third-order valence-corrected chi connectivity index (χ3v) is 5.11. The first-order valence-corrected chi connectivity index (χ1v) is 9.65. The second-order valence-electron chi connectivity index (χ2n) is 6.37. The molecule has 0 aliphatic heterocycles. The molecule has 3 rings (SSSR count). The molecule has 28 heavy (non-hydrogen) atoms. The van der Waals surface area contributed by atoms with Crippen LogP contribution in [-0.2, 0) is 17.9 Å². The van der Waals surface area contributed by atoms with Gasteiger partial charge in [0, 0.05) is 12.2 Å². The summed E-state index contributed by atoms with van der Waals surface area (Å²) in [4.78, 5) is 38.1. The molecule has 0 fully saturated rings. The maximum atomic E-state index is 12.9. The number of halogens is 2. The van der Waals surface area contributed by atoms with Gasteiger partial charge in [-0.3, -0.25) is 18.7 Å². The molecule has 0 aliphatic carbocycles. The third-order valence-electron chi connectivity index (χ3n) is 4.37. The lowest BCUT2D eigenvalue weighted by Gasteiger charge is -2.14. The van der Waals surface area contributed by atoms with Crippen LogP contribution >= 0.6 is 23.2 Å². The first kappa shape index (κ1) is 20.2. The van der Waals surface area contributed by atoms with Crippen molar-refractivity contribution in [3.05, 3.63) is 73.3 Å². The summed E-state index contributed by atoms with van der Waals surface area (Å²) in [5, 5.41) is 3.80. The Bertz CT molecular complexity index is 1150. The van der Waals surface area contributed by atoms with Gasteiger partial charge in [-0.15, -0.1) is 0 Å². The summed E-state index contributed by atoms with van der Waals surface area (Å²) in [6, 6.07) is 11.5. The summed E-state index contributed by atoms with van der Waals surface area (Å²) in [6.45, 7) is 2.06. The number of benzene rings is 2. The van der Waals surface area contributed by atoms with E-state index in [4.69, 9.17) is 23.2 Å². The van der Waals surface area contributed by atoms with Crippen molar-refractivity contribution in [3.63, 3.8) is 0 Å². The number of nitrogens with zero attached hydrogens (tertiary/aromatic N) is 2. The van der Waals surface area contributed by atoms with Crippen LogP contribution in [0.25, 0.3) is 10.9 Å². The zero-order chi connectivity index (χ0) is 20.3. The van der Waals surface area contributed by atoms with Crippen LogP contribution in [0.1, 0.15) is 19.8 Å². The molecule has 0 saturated carbocycles. The molecule has 1 heterocycles. The van der Waals surface area contributed by atoms with Crippen LogP contribution < -0.4 is 16.6 Å². The smallest absolute Gasteiger partial charge is 0.324 e. The number of fused-ring (bicyclic) bond motifs is 1. The molecule has 0 atom stereocenters. The van der Waals surface area contributed by atoms with E-state index in [0.29, 0.717) is 39.6 Å². The van der Waals surface area contributed by atoms with Crippen LogP contribution in [-0.4, -0.2) is 15.0 Å². The Morgan fingerprint density at radius 3 is 2.50 bits per heavy atom. The molecular formula is C20H19Cl2N3O3. The molecule has 6 nitrogen and oxygen atoms in total. The van der Waals surface area contributed by atoms with Gasteiger partial charge in [-0.05, 0) is 36.8 Å². The highest BCUT2D eigenvalue weighted by Crippen LogP contribution is 2.25. The molecule has 0 unspecified atom stereocenters. The lowest BCUT2D eigenvalue weighted by molar-refractivity contribution is -0.116. The lowest BCUT2D eigenvalue weighted by Crippen LogP contribution is -2.41. The van der Waals surface area contributed by atoms with Crippen molar-refractivity contribution in [2.24, 2.45) is 0 Å². The van der Waals surface area contributed by atoms with Gasteiger partial charge in [0.1, 0.15) is 6.54 Å². The molecule has 0 aliphatic rings. The molecule has 3 aromatic rings. The van der Waals surface area contributed by atoms with Crippen molar-refractivity contribution < 1.29 is 4.79 Å². The number of amides is 1. The summed E-state index contributed by atoms with van der Waals surface area (Å²) >= 11 is 11.9. The Kier molecular flexibility index (Phi) is 6.21. The summed E-state index contributed by atoms with van der Waals surface area (Å²) in [6.07, 6.45) is 1.54. The number of anilines is 1. The highest BCUT2D eigenvalue weighted by Gasteiger charge is 2.15. The Morgan fingerprint density at radius 2 is 1.79 bits per heavy atom. The van der Waals surface area contributed by atoms with Crippen LogP contribution in [0.2, 0.25) is 10.0 Å². The van der Waals surface area contributed by atoms with Gasteiger partial charge in [0.2, 0.25) is 5.91 Å². The number of carbonyl (C=O) groups is 1. The molecule has 0 saturated heterocycles. The molecule has 146 valence electrons. The van der Waals surface area contributed by atoms with Crippen molar-refractivity contribution in [2.45, 2.75) is 32.9 Å². The van der Waals surface area contributed by atoms with Gasteiger partial charge in [-0.25, -0.2) is 4.79 Å². The van der Waals surface area contributed by atoms with Gasteiger partial charge in [0.15, 0.2) is 0 Å². The van der Waals surface area contributed by atoms with Gasteiger partial charge in [-0.1, -0.05) is 48.7 Å². The fourth-order valence-electron chi connectivity index (χ4n) is 2.96. The first-order chi connectivity index (χ1) is 13.4. The van der Waals surface area contributed by atoms with Gasteiger partial charge in [-0.2, -0.15) is 0 Å². The standard InChI is InChI=1S/C20H19Cl2N3O3/c1-2-3-10-24-19(27)14-6-4-5-7-17(14)25(20(24)28)12-18(26)23-13-8-9-15(21)16(22)11-13/h4-9,11H,2-3,10,12H2,1H3,(H,23,26). The predicted molar refractivity (Wildman–Crippen MR) is 112 cm³/mol. The van der Waals surface area contributed by atoms with Gasteiger partial charge in [0.05, 0.1) is 20.9 Å². The average molecular weight is 420 g/mol. The molecule has 1 N–H and O–H groups in total. The summed E-state index contributed by atoms with van der Waals surface area (Å²) in [5.41, 5.74) is 0.0576. The maximum Gasteiger partial charge on any atom is 0.331 e. The minimum Gasteiger partial charge on any atom is -0.324 e. The third kappa shape index (κ3) is 4.13. The van der Waals surface area contributed by atoms with E-state index >= 15 is 0 Å². The molecule has 2 aromatic carbocycles. The summed E-state index contributed by atoms with van der Waals surface area (Å²) in [5.74, 6) is -0.411. The number of rotatable bonds is 6. The Balaban J connectivity index is 1.99. The number of hydrogen-bond acceptors (Lipinski definition) is 3. The minimum absolute atomic E-state index is 0.230. The SMILES string of the molecule is CCCCn1c(=O)c2ccccc2n(CC(=O)Nc2ccc(Cl)c(Cl)c2)c1=O. The summed E-state index contributed by atoms with van der Waals surface area (Å²) < 4.78 is 2.51. The number of para-hydroxylation sites is 1. The molecule has 0 bridgehead atoms. The molecule has 0 radical (unpaired) electrons. The molecule has 1 aromatic heterocycles. The van der Waals surface area contributed by atoms with Gasteiger partial charge >= 0.3 is 5.69 Å². The highest BCUT2D eigenvalue weighted by atomic mass is 35.5. The predicted octanol–water partition coefficient (Wildman–Crippen LogP) is 3.91. The van der Waals surface area contributed by atoms with Crippen molar-refractivity contribution in [3.8, 4) is 0 Å². The number of nitrogens with one attached hydrogen (secondary N) is 1. The average Bonchev–Trinajstić information content (AvgIpc) is 2.68. The Labute approximate surface area is 171 Å². The molecule has 0 spiro atoms. The van der Waals surface area contributed by atoms with E-state index in [2.05, 4.69) is 5.32 Å². The quantitative estimate of drug-likeness (QED) is 0.657. The van der Waals surface area contributed by atoms with Crippen molar-refractivity contribution >= 4 is 45.7 Å². The number of aromatic nitrogens is 2. The van der Waals surface area contributed by atoms with E-state index in [1.54, 1.807) is 36.4 Å². The van der Waals surface area contributed by atoms with Gasteiger partial charge in [0.25, 0.3) is 5.56 Å². The lowest BCUT2D eigenvalue weighted by atomic mass is 10.2. The second kappa shape index (κ2) is 8.63. The normalized spacial score (nSPS) is 11.0. The van der Waals surface area contributed by atoms with Crippen molar-refractivity contribution in [1.82, 2.24) is 9.13 Å². The van der Waals surface area contributed by atoms with Crippen LogP contribution in [0.3, 0.4) is 0 Å². The Morgan fingerprint density at radius 1 is 1.04 bits per heavy atom. The van der Waals surface area contributed by atoms with Crippen LogP contribution in [0.5, 0.6) is 0 Å². The number of carbonyl (C=O) groups excluding carboxylic acids is 1. The van der Waals surface area contributed by atoms with Crippen LogP contribution in [0, 0.1) is 0 Å². The minimum atomic E-state index is -0.499. The summed E-state index contributed by atoms with van der Waals surface area (Å²) in [7, 11) is 0. The largest absolute Gasteiger partial charge is 0.331 e. The topological polar surface area (TPSA) is 73.1 Å². The number of unbranched alkanes of at least 4 members (excludes halogenated alkanes) is 1. The fraction of sp³-hybridized carbons (Fsp3) is 0.250. The molecular weight excluding hydrogens is 401 g/mol. The zero-order valence-corrected chi connectivity index (χ0v) is 16.8. The monoisotopic (exact) mass is 419 g/mol. The zero-order valence-electron chi connectivity index (χ0n) is 15.2. The van der Waals surface area contributed by atoms with Crippen molar-refractivity contribution in [2.75, 3.05) is 5.32 Å². The number of hydrogen-bond donors (Lipinski definition) is 1. The second-order valence-corrected chi connectivity index (χ2v) is 7.19. The first-order valence-electron chi connectivity index (χ1n) is 8.89. The van der Waals surface area contributed by atoms with Crippen molar-refractivity contribution in [1.29, 1.82) is 0 Å². The maximum absolute atomic E-state index is 12.9. The van der Waals surface area contributed by atoms with Gasteiger partial charge < -0.3 is 5.32 Å². The van der Waals surface area contributed by atoms with E-state index in [1.807, 2.05) is 6.92 Å². The highest BCUT2D eigenvalue weighted by molar-refractivity contribution is 6.42. The van der Waals surface area contributed by atoms with E-state index in [0.717, 1.165) is 6.42 Å². The fourth-order valence-corrected chi connectivity index (χ4v) is 3.25. The van der Waals surface area contributed by atoms with Crippen LogP contribution in [0.4, 0.5) is 5.69 Å². The molecule has 8 heteroatoms. The van der Waals surface area contributed by atoms with E-state index in [9.17, 15) is 14.4 Å².